The molecule has 0 heterocycles. The summed E-state index contributed by atoms with van der Waals surface area (Å²) in [5, 5.41) is 3.47. The molecule has 0 spiro atoms. The van der Waals surface area contributed by atoms with E-state index in [1.165, 1.54) is 0 Å². The van der Waals surface area contributed by atoms with Gasteiger partial charge in [0.15, 0.2) is 6.10 Å². The van der Waals surface area contributed by atoms with Crippen molar-refractivity contribution in [2.45, 2.75) is 58.7 Å². The minimum atomic E-state index is -0.565. The Morgan fingerprint density at radius 3 is 2.62 bits per heavy atom. The van der Waals surface area contributed by atoms with Gasteiger partial charge in [0.25, 0.3) is 5.91 Å². The lowest BCUT2D eigenvalue weighted by Gasteiger charge is -2.19. The highest BCUT2D eigenvalue weighted by Gasteiger charge is 2.17. The predicted molar refractivity (Wildman–Crippen MR) is 86.8 cm³/mol. The van der Waals surface area contributed by atoms with Gasteiger partial charge in [-0.1, -0.05) is 18.5 Å². The van der Waals surface area contributed by atoms with Gasteiger partial charge in [-0.2, -0.15) is 0 Å². The molecule has 0 aliphatic rings. The summed E-state index contributed by atoms with van der Waals surface area (Å²) >= 11 is 6.04. The van der Waals surface area contributed by atoms with Crippen LogP contribution in [-0.4, -0.2) is 24.1 Å². The van der Waals surface area contributed by atoms with E-state index in [-0.39, 0.29) is 18.0 Å². The third-order valence-electron chi connectivity index (χ3n) is 3.13. The van der Waals surface area contributed by atoms with Crippen LogP contribution in [0.5, 0.6) is 5.75 Å². The van der Waals surface area contributed by atoms with Crippen molar-refractivity contribution in [2.75, 3.05) is 0 Å². The second kappa shape index (κ2) is 8.25. The molecule has 0 saturated heterocycles. The molecule has 0 bridgehead atoms. The molecule has 1 rings (SSSR count). The monoisotopic (exact) mass is 312 g/mol. The normalized spacial score (nSPS) is 13.9. The zero-order valence-corrected chi connectivity index (χ0v) is 13.9. The third kappa shape index (κ3) is 5.94. The van der Waals surface area contributed by atoms with Crippen LogP contribution in [0, 0.1) is 0 Å². The van der Waals surface area contributed by atoms with Gasteiger partial charge in [0.2, 0.25) is 0 Å². The Morgan fingerprint density at radius 1 is 1.38 bits per heavy atom. The van der Waals surface area contributed by atoms with Crippen molar-refractivity contribution in [3.05, 3.63) is 28.8 Å². The van der Waals surface area contributed by atoms with E-state index in [9.17, 15) is 4.79 Å². The number of rotatable bonds is 7. The molecule has 1 aromatic carbocycles. The van der Waals surface area contributed by atoms with Crippen LogP contribution in [0.25, 0.3) is 0 Å². The van der Waals surface area contributed by atoms with E-state index in [1.54, 1.807) is 19.1 Å². The number of halogens is 1. The summed E-state index contributed by atoms with van der Waals surface area (Å²) in [6.45, 7) is 7.60. The molecule has 118 valence electrons. The lowest BCUT2D eigenvalue weighted by atomic mass is 10.0. The van der Waals surface area contributed by atoms with Gasteiger partial charge in [-0.15, -0.1) is 0 Å². The average molecular weight is 313 g/mol. The quantitative estimate of drug-likeness (QED) is 0.813. The maximum atomic E-state index is 11.9. The molecule has 1 aromatic rings. The largest absolute Gasteiger partial charge is 0.481 e. The maximum Gasteiger partial charge on any atom is 0.260 e. The van der Waals surface area contributed by atoms with Gasteiger partial charge in [-0.05, 0) is 57.4 Å². The minimum Gasteiger partial charge on any atom is -0.481 e. The summed E-state index contributed by atoms with van der Waals surface area (Å²) in [6, 6.07) is 5.52. The van der Waals surface area contributed by atoms with Crippen LogP contribution >= 0.6 is 11.6 Å². The lowest BCUT2D eigenvalue weighted by molar-refractivity contribution is -0.127. The fraction of sp³-hybridized carbons (Fsp3) is 0.562. The zero-order valence-electron chi connectivity index (χ0n) is 13.2. The van der Waals surface area contributed by atoms with Gasteiger partial charge >= 0.3 is 0 Å². The van der Waals surface area contributed by atoms with Gasteiger partial charge in [-0.3, -0.25) is 4.79 Å². The SMILES string of the molecule is CCC(N)Cc1cc(Cl)ccc1OC(C)C(=O)NC(C)C. The van der Waals surface area contributed by atoms with Crippen LogP contribution in [0.1, 0.15) is 39.7 Å². The number of benzene rings is 1. The van der Waals surface area contributed by atoms with Gasteiger partial charge < -0.3 is 15.8 Å². The molecule has 0 aliphatic carbocycles. The molecule has 0 fully saturated rings. The van der Waals surface area contributed by atoms with Crippen LogP contribution < -0.4 is 15.8 Å². The molecule has 0 aliphatic heterocycles. The van der Waals surface area contributed by atoms with Crippen molar-refractivity contribution in [3.63, 3.8) is 0 Å². The van der Waals surface area contributed by atoms with Crippen molar-refractivity contribution < 1.29 is 9.53 Å². The van der Waals surface area contributed by atoms with Crippen molar-refractivity contribution in [1.82, 2.24) is 5.32 Å². The highest BCUT2D eigenvalue weighted by atomic mass is 35.5. The van der Waals surface area contributed by atoms with Crippen molar-refractivity contribution >= 4 is 17.5 Å². The molecular formula is C16H25ClN2O2. The second-order valence-electron chi connectivity index (χ2n) is 5.55. The highest BCUT2D eigenvalue weighted by molar-refractivity contribution is 6.30. The number of ether oxygens (including phenoxy) is 1. The first-order valence-corrected chi connectivity index (χ1v) is 7.72. The van der Waals surface area contributed by atoms with Gasteiger partial charge in [0.05, 0.1) is 0 Å². The van der Waals surface area contributed by atoms with Crippen molar-refractivity contribution in [2.24, 2.45) is 5.73 Å². The lowest BCUT2D eigenvalue weighted by Crippen LogP contribution is -2.40. The molecule has 1 amide bonds. The smallest absolute Gasteiger partial charge is 0.260 e. The predicted octanol–water partition coefficient (Wildman–Crippen LogP) is 2.91. The average Bonchev–Trinajstić information content (AvgIpc) is 2.40. The number of carbonyl (C=O) groups excluding carboxylic acids is 1. The van der Waals surface area contributed by atoms with Crippen molar-refractivity contribution in [1.29, 1.82) is 0 Å². The molecule has 0 saturated carbocycles. The molecule has 3 N–H and O–H groups in total. The van der Waals surface area contributed by atoms with Crippen molar-refractivity contribution in [3.8, 4) is 5.75 Å². The Balaban J connectivity index is 2.84. The highest BCUT2D eigenvalue weighted by Crippen LogP contribution is 2.25. The molecule has 21 heavy (non-hydrogen) atoms. The fourth-order valence-electron chi connectivity index (χ4n) is 1.90. The van der Waals surface area contributed by atoms with Crippen LogP contribution in [0.3, 0.4) is 0 Å². The summed E-state index contributed by atoms with van der Waals surface area (Å²) < 4.78 is 5.78. The van der Waals surface area contributed by atoms with Crippen LogP contribution in [-0.2, 0) is 11.2 Å². The Hall–Kier alpha value is -1.26. The van der Waals surface area contributed by atoms with Gasteiger partial charge in [0.1, 0.15) is 5.75 Å². The van der Waals surface area contributed by atoms with E-state index in [0.717, 1.165) is 12.0 Å². The molecule has 0 aromatic heterocycles. The van der Waals surface area contributed by atoms with E-state index in [0.29, 0.717) is 17.2 Å². The summed E-state index contributed by atoms with van der Waals surface area (Å²) in [5.74, 6) is 0.528. The van der Waals surface area contributed by atoms with E-state index < -0.39 is 6.10 Å². The van der Waals surface area contributed by atoms with Gasteiger partial charge in [-0.25, -0.2) is 0 Å². The second-order valence-corrected chi connectivity index (χ2v) is 5.98. The summed E-state index contributed by atoms with van der Waals surface area (Å²) in [4.78, 5) is 11.9. The first-order valence-electron chi connectivity index (χ1n) is 7.34. The number of nitrogens with one attached hydrogen (secondary N) is 1. The molecule has 5 heteroatoms. The summed E-state index contributed by atoms with van der Waals surface area (Å²) in [5.41, 5.74) is 6.93. The number of hydrogen-bond acceptors (Lipinski definition) is 3. The van der Waals surface area contributed by atoms with Gasteiger partial charge in [0, 0.05) is 17.1 Å². The van der Waals surface area contributed by atoms with Crippen LogP contribution in [0.2, 0.25) is 5.02 Å². The third-order valence-corrected chi connectivity index (χ3v) is 3.37. The van der Waals surface area contributed by atoms with Crippen LogP contribution in [0.15, 0.2) is 18.2 Å². The standard InChI is InChI=1S/C16H25ClN2O2/c1-5-14(18)9-12-8-13(17)6-7-15(12)21-11(4)16(20)19-10(2)3/h6-8,10-11,14H,5,9,18H2,1-4H3,(H,19,20). The molecule has 2 unspecified atom stereocenters. The topological polar surface area (TPSA) is 64.3 Å². The van der Waals surface area contributed by atoms with E-state index in [1.807, 2.05) is 26.8 Å². The Kier molecular flexibility index (Phi) is 6.99. The molecule has 0 radical (unpaired) electrons. The summed E-state index contributed by atoms with van der Waals surface area (Å²) in [7, 11) is 0. The number of amides is 1. The Labute approximate surface area is 132 Å². The minimum absolute atomic E-state index is 0.0469. The zero-order chi connectivity index (χ0) is 16.0. The van der Waals surface area contributed by atoms with E-state index >= 15 is 0 Å². The Morgan fingerprint density at radius 2 is 2.05 bits per heavy atom. The Bertz CT molecular complexity index is 477. The first-order chi connectivity index (χ1) is 9.83. The number of hydrogen-bond donors (Lipinski definition) is 2. The molecule has 2 atom stereocenters. The van der Waals surface area contributed by atoms with E-state index in [4.69, 9.17) is 22.1 Å². The number of carbonyl (C=O) groups is 1. The maximum absolute atomic E-state index is 11.9. The molecular weight excluding hydrogens is 288 g/mol. The van der Waals surface area contributed by atoms with Crippen LogP contribution in [0.4, 0.5) is 0 Å². The van der Waals surface area contributed by atoms with E-state index in [2.05, 4.69) is 5.32 Å². The fourth-order valence-corrected chi connectivity index (χ4v) is 2.09. The number of nitrogens with two attached hydrogens (primary N) is 1. The summed E-state index contributed by atoms with van der Waals surface area (Å²) in [6.07, 6.45) is 0.977. The first kappa shape index (κ1) is 17.8. The molecule has 4 nitrogen and oxygen atoms in total.